The van der Waals surface area contributed by atoms with E-state index < -0.39 is 0 Å². The van der Waals surface area contributed by atoms with Crippen LogP contribution in [0.25, 0.3) is 0 Å². The first-order chi connectivity index (χ1) is 11.6. The molecule has 5 rings (SSSR count). The van der Waals surface area contributed by atoms with Crippen LogP contribution >= 0.6 is 34.8 Å². The van der Waals surface area contributed by atoms with Crippen molar-refractivity contribution in [2.75, 3.05) is 5.32 Å². The molecule has 124 valence electrons. The van der Waals surface area contributed by atoms with Crippen LogP contribution in [0.2, 0.25) is 15.1 Å². The molecule has 0 aromatic heterocycles. The SMILES string of the molecule is Clc1ccc([C@H]2Nc3c(Cl)cccc3[C@H]3[C@@H]4CC[C@@H](C4)[C@H]32)cc1Cl. The van der Waals surface area contributed by atoms with Crippen LogP contribution in [-0.4, -0.2) is 0 Å². The van der Waals surface area contributed by atoms with Crippen LogP contribution in [0.3, 0.4) is 0 Å². The molecule has 2 bridgehead atoms. The van der Waals surface area contributed by atoms with E-state index in [0.717, 1.165) is 22.5 Å². The molecule has 1 aliphatic heterocycles. The highest BCUT2D eigenvalue weighted by Crippen LogP contribution is 2.64. The number of hydrogen-bond acceptors (Lipinski definition) is 1. The van der Waals surface area contributed by atoms with Gasteiger partial charge in [-0.2, -0.15) is 0 Å². The fraction of sp³-hybridized carbons (Fsp3) is 0.400. The number of hydrogen-bond donors (Lipinski definition) is 1. The third kappa shape index (κ3) is 2.14. The van der Waals surface area contributed by atoms with Gasteiger partial charge in [0.05, 0.1) is 26.8 Å². The minimum absolute atomic E-state index is 0.257. The molecule has 0 amide bonds. The zero-order valence-electron chi connectivity index (χ0n) is 13.1. The quantitative estimate of drug-likeness (QED) is 0.566. The van der Waals surface area contributed by atoms with E-state index in [0.29, 0.717) is 21.9 Å². The van der Waals surface area contributed by atoms with Crippen molar-refractivity contribution < 1.29 is 0 Å². The maximum atomic E-state index is 6.53. The first kappa shape index (κ1) is 15.4. The molecule has 5 atom stereocenters. The van der Waals surface area contributed by atoms with E-state index in [1.165, 1.54) is 30.4 Å². The predicted octanol–water partition coefficient (Wildman–Crippen LogP) is 6.94. The maximum Gasteiger partial charge on any atom is 0.0640 e. The summed E-state index contributed by atoms with van der Waals surface area (Å²) in [5, 5.41) is 5.81. The molecule has 1 heterocycles. The van der Waals surface area contributed by atoms with E-state index in [4.69, 9.17) is 34.8 Å². The molecule has 1 N–H and O–H groups in total. The number of para-hydroxylation sites is 1. The summed E-state index contributed by atoms with van der Waals surface area (Å²) in [6, 6.07) is 12.6. The van der Waals surface area contributed by atoms with Gasteiger partial charge in [-0.3, -0.25) is 0 Å². The maximum absolute atomic E-state index is 6.53. The summed E-state index contributed by atoms with van der Waals surface area (Å²) in [5.74, 6) is 2.81. The van der Waals surface area contributed by atoms with Gasteiger partial charge in [-0.15, -0.1) is 0 Å². The van der Waals surface area contributed by atoms with Crippen molar-refractivity contribution in [2.24, 2.45) is 17.8 Å². The van der Waals surface area contributed by atoms with Crippen molar-refractivity contribution in [1.82, 2.24) is 0 Å². The van der Waals surface area contributed by atoms with Gasteiger partial charge >= 0.3 is 0 Å². The van der Waals surface area contributed by atoms with Crippen molar-refractivity contribution >= 4 is 40.5 Å². The lowest BCUT2D eigenvalue weighted by Crippen LogP contribution is -2.35. The van der Waals surface area contributed by atoms with Gasteiger partial charge in [0.1, 0.15) is 0 Å². The minimum Gasteiger partial charge on any atom is -0.376 e. The van der Waals surface area contributed by atoms with Crippen molar-refractivity contribution in [3.8, 4) is 0 Å². The summed E-state index contributed by atoms with van der Waals surface area (Å²) in [4.78, 5) is 0. The number of fused-ring (bicyclic) bond motifs is 7. The Balaban J connectivity index is 1.66. The topological polar surface area (TPSA) is 12.0 Å². The van der Waals surface area contributed by atoms with Crippen LogP contribution in [0.1, 0.15) is 42.3 Å². The van der Waals surface area contributed by atoms with Crippen molar-refractivity contribution in [3.63, 3.8) is 0 Å². The molecule has 2 aliphatic carbocycles. The molecule has 0 spiro atoms. The van der Waals surface area contributed by atoms with Gasteiger partial charge < -0.3 is 5.32 Å². The van der Waals surface area contributed by atoms with E-state index in [2.05, 4.69) is 23.5 Å². The Morgan fingerprint density at radius 1 is 0.875 bits per heavy atom. The monoisotopic (exact) mass is 377 g/mol. The molecular weight excluding hydrogens is 361 g/mol. The largest absolute Gasteiger partial charge is 0.376 e. The molecule has 1 nitrogen and oxygen atoms in total. The standard InChI is InChI=1S/C20H18Cl3N/c21-14-7-6-12(9-16(14)23)19-18-11-5-4-10(8-11)17(18)13-2-1-3-15(22)20(13)24-19/h1-3,6-7,9-11,17-19,24H,4-5,8H2/t10-,11+,17-,18-,19-/m1/s1. The molecule has 0 radical (unpaired) electrons. The molecule has 24 heavy (non-hydrogen) atoms. The van der Waals surface area contributed by atoms with Crippen LogP contribution in [-0.2, 0) is 0 Å². The van der Waals surface area contributed by atoms with Crippen LogP contribution in [0.15, 0.2) is 36.4 Å². The van der Waals surface area contributed by atoms with Gasteiger partial charge in [-0.1, -0.05) is 53.0 Å². The predicted molar refractivity (Wildman–Crippen MR) is 101 cm³/mol. The van der Waals surface area contributed by atoms with E-state index in [9.17, 15) is 0 Å². The summed E-state index contributed by atoms with van der Waals surface area (Å²) in [6.45, 7) is 0. The van der Waals surface area contributed by atoms with Crippen molar-refractivity contribution in [3.05, 3.63) is 62.6 Å². The number of halogens is 3. The van der Waals surface area contributed by atoms with Crippen LogP contribution in [0, 0.1) is 17.8 Å². The Morgan fingerprint density at radius 2 is 1.71 bits per heavy atom. The molecular formula is C20H18Cl3N. The third-order valence-electron chi connectivity index (χ3n) is 6.37. The molecule has 4 heteroatoms. The lowest BCUT2D eigenvalue weighted by atomic mass is 9.68. The Bertz CT molecular complexity index is 819. The van der Waals surface area contributed by atoms with Crippen LogP contribution < -0.4 is 5.32 Å². The van der Waals surface area contributed by atoms with Gasteiger partial charge in [0.2, 0.25) is 0 Å². The summed E-state index contributed by atoms with van der Waals surface area (Å²) in [6.07, 6.45) is 4.05. The van der Waals surface area contributed by atoms with Crippen molar-refractivity contribution in [2.45, 2.75) is 31.2 Å². The summed E-state index contributed by atoms with van der Waals surface area (Å²) in [7, 11) is 0. The van der Waals surface area contributed by atoms with Gasteiger partial charge in [0.25, 0.3) is 0 Å². The number of rotatable bonds is 1. The fourth-order valence-corrected chi connectivity index (χ4v) is 6.05. The van der Waals surface area contributed by atoms with Crippen LogP contribution in [0.4, 0.5) is 5.69 Å². The number of nitrogens with one attached hydrogen (secondary N) is 1. The Labute approximate surface area is 157 Å². The van der Waals surface area contributed by atoms with E-state index in [1.54, 1.807) is 0 Å². The van der Waals surface area contributed by atoms with Gasteiger partial charge in [-0.25, -0.2) is 0 Å². The highest BCUT2D eigenvalue weighted by molar-refractivity contribution is 6.42. The number of benzene rings is 2. The zero-order valence-corrected chi connectivity index (χ0v) is 15.4. The Morgan fingerprint density at radius 3 is 2.54 bits per heavy atom. The Hall–Kier alpha value is -0.890. The van der Waals surface area contributed by atoms with Gasteiger partial charge in [0.15, 0.2) is 0 Å². The summed E-state index contributed by atoms with van der Waals surface area (Å²) < 4.78 is 0. The summed E-state index contributed by atoms with van der Waals surface area (Å²) >= 11 is 19.0. The lowest BCUT2D eigenvalue weighted by Gasteiger charge is -2.43. The average molecular weight is 379 g/mol. The summed E-state index contributed by atoms with van der Waals surface area (Å²) in [5.41, 5.74) is 3.75. The highest BCUT2D eigenvalue weighted by atomic mass is 35.5. The lowest BCUT2D eigenvalue weighted by molar-refractivity contribution is 0.247. The molecule has 2 aromatic carbocycles. The Kier molecular flexibility index (Phi) is 3.56. The highest BCUT2D eigenvalue weighted by Gasteiger charge is 2.54. The average Bonchev–Trinajstić information content (AvgIpc) is 3.19. The molecule has 0 saturated heterocycles. The van der Waals surface area contributed by atoms with E-state index >= 15 is 0 Å². The molecule has 2 saturated carbocycles. The molecule has 0 unspecified atom stereocenters. The minimum atomic E-state index is 0.257. The second kappa shape index (κ2) is 5.56. The van der Waals surface area contributed by atoms with E-state index in [1.807, 2.05) is 18.2 Å². The van der Waals surface area contributed by atoms with Gasteiger partial charge in [-0.05, 0) is 72.3 Å². The second-order valence-electron chi connectivity index (χ2n) is 7.44. The fourth-order valence-electron chi connectivity index (χ4n) is 5.51. The zero-order chi connectivity index (χ0) is 16.4. The smallest absolute Gasteiger partial charge is 0.0640 e. The normalized spacial score (nSPS) is 33.0. The van der Waals surface area contributed by atoms with E-state index in [-0.39, 0.29) is 6.04 Å². The molecule has 2 fully saturated rings. The first-order valence-electron chi connectivity index (χ1n) is 8.63. The second-order valence-corrected chi connectivity index (χ2v) is 8.66. The third-order valence-corrected chi connectivity index (χ3v) is 7.43. The van der Waals surface area contributed by atoms with Crippen LogP contribution in [0.5, 0.6) is 0 Å². The van der Waals surface area contributed by atoms with Crippen molar-refractivity contribution in [1.29, 1.82) is 0 Å². The first-order valence-corrected chi connectivity index (χ1v) is 9.77. The molecule has 2 aromatic rings. The molecule has 3 aliphatic rings. The number of anilines is 1. The van der Waals surface area contributed by atoms with Gasteiger partial charge in [0, 0.05) is 0 Å².